The lowest BCUT2D eigenvalue weighted by molar-refractivity contribution is 0.218. The van der Waals surface area contributed by atoms with Crippen LogP contribution in [0.5, 0.6) is 11.5 Å². The first-order valence-corrected chi connectivity index (χ1v) is 11.3. The second kappa shape index (κ2) is 9.81. The number of carbonyl (C=O) groups is 1. The van der Waals surface area contributed by atoms with Crippen LogP contribution in [-0.2, 0) is 0 Å². The Labute approximate surface area is 203 Å². The Balaban J connectivity index is 1.30. The zero-order chi connectivity index (χ0) is 23.3. The Morgan fingerprint density at radius 2 is 1.41 bits per heavy atom. The summed E-state index contributed by atoms with van der Waals surface area (Å²) in [6.45, 7) is 0.470. The van der Waals surface area contributed by atoms with Gasteiger partial charge in [0.1, 0.15) is 11.5 Å². The second-order valence-corrected chi connectivity index (χ2v) is 8.34. The average Bonchev–Trinajstić information content (AvgIpc) is 3.34. The number of ether oxygens (including phenoxy) is 1. The van der Waals surface area contributed by atoms with Gasteiger partial charge in [0.25, 0.3) is 0 Å². The van der Waals surface area contributed by atoms with E-state index in [9.17, 15) is 4.79 Å². The molecular formula is C28H22ClN3O2. The fourth-order valence-electron chi connectivity index (χ4n) is 3.88. The molecule has 1 N–H and O–H groups in total. The molecule has 0 spiro atoms. The fraction of sp³-hybridized carbons (Fsp3) is 0.0714. The lowest BCUT2D eigenvalue weighted by atomic mass is 9.91. The maximum atomic E-state index is 13.0. The van der Waals surface area contributed by atoms with Gasteiger partial charge < -0.3 is 10.1 Å². The number of hydrazone groups is 1. The van der Waals surface area contributed by atoms with Crippen LogP contribution in [0, 0.1) is 0 Å². The van der Waals surface area contributed by atoms with Gasteiger partial charge in [-0.25, -0.2) is 9.80 Å². The molecule has 0 radical (unpaired) electrons. The van der Waals surface area contributed by atoms with E-state index in [1.165, 1.54) is 5.01 Å². The summed E-state index contributed by atoms with van der Waals surface area (Å²) in [5, 5.41) is 9.78. The van der Waals surface area contributed by atoms with Crippen LogP contribution in [0.4, 0.5) is 10.5 Å². The van der Waals surface area contributed by atoms with Crippen molar-refractivity contribution >= 4 is 29.0 Å². The number of hydrogen-bond donors (Lipinski definition) is 1. The molecule has 5 rings (SSSR count). The van der Waals surface area contributed by atoms with Gasteiger partial charge in [-0.15, -0.1) is 0 Å². The number of rotatable bonds is 5. The van der Waals surface area contributed by atoms with Crippen LogP contribution < -0.4 is 10.1 Å². The molecule has 1 unspecified atom stereocenters. The lowest BCUT2D eigenvalue weighted by Gasteiger charge is -2.16. The zero-order valence-corrected chi connectivity index (χ0v) is 19.0. The summed E-state index contributed by atoms with van der Waals surface area (Å²) in [5.41, 5.74) is 3.68. The Morgan fingerprint density at radius 1 is 0.824 bits per heavy atom. The van der Waals surface area contributed by atoms with Crippen molar-refractivity contribution in [3.05, 3.63) is 125 Å². The van der Waals surface area contributed by atoms with Gasteiger partial charge in [0.2, 0.25) is 0 Å². The first kappa shape index (κ1) is 21.7. The standard InChI is InChI=1S/C28H22ClN3O2/c29-22-11-15-24(16-12-22)34-25-17-13-23(14-18-25)30-28(33)32-19-26(20-7-3-1-4-8-20)27(31-32)21-9-5-2-6-10-21/h1-18,26H,19H2,(H,30,33). The maximum Gasteiger partial charge on any atom is 0.342 e. The Kier molecular flexibility index (Phi) is 6.27. The molecule has 2 amide bonds. The molecule has 1 heterocycles. The van der Waals surface area contributed by atoms with E-state index in [-0.39, 0.29) is 11.9 Å². The number of carbonyl (C=O) groups excluding carboxylic acids is 1. The summed E-state index contributed by atoms with van der Waals surface area (Å²) in [5.74, 6) is 1.35. The summed E-state index contributed by atoms with van der Waals surface area (Å²) in [6, 6.07) is 34.2. The van der Waals surface area contributed by atoms with Crippen LogP contribution in [0.3, 0.4) is 0 Å². The number of anilines is 1. The number of nitrogens with one attached hydrogen (secondary N) is 1. The maximum absolute atomic E-state index is 13.0. The molecule has 0 aromatic heterocycles. The second-order valence-electron chi connectivity index (χ2n) is 7.91. The first-order valence-electron chi connectivity index (χ1n) is 11.0. The van der Waals surface area contributed by atoms with Crippen LogP contribution in [-0.4, -0.2) is 23.3 Å². The van der Waals surface area contributed by atoms with Crippen molar-refractivity contribution in [2.24, 2.45) is 5.10 Å². The Hall–Kier alpha value is -4.09. The highest BCUT2D eigenvalue weighted by Gasteiger charge is 2.32. The van der Waals surface area contributed by atoms with E-state index in [2.05, 4.69) is 17.4 Å². The minimum absolute atomic E-state index is 0.00417. The third kappa shape index (κ3) is 4.95. The highest BCUT2D eigenvalue weighted by Crippen LogP contribution is 2.29. The van der Waals surface area contributed by atoms with Crippen LogP contribution >= 0.6 is 11.6 Å². The van der Waals surface area contributed by atoms with Gasteiger partial charge in [0.15, 0.2) is 0 Å². The number of amides is 2. The third-order valence-electron chi connectivity index (χ3n) is 5.57. The summed E-state index contributed by atoms with van der Waals surface area (Å²) in [7, 11) is 0. The average molecular weight is 468 g/mol. The largest absolute Gasteiger partial charge is 0.457 e. The fourth-order valence-corrected chi connectivity index (χ4v) is 4.00. The van der Waals surface area contributed by atoms with E-state index in [0.29, 0.717) is 28.8 Å². The van der Waals surface area contributed by atoms with Gasteiger partial charge in [-0.3, -0.25) is 0 Å². The van der Waals surface area contributed by atoms with Crippen molar-refractivity contribution in [2.45, 2.75) is 5.92 Å². The molecule has 4 aromatic carbocycles. The van der Waals surface area contributed by atoms with Crippen molar-refractivity contribution in [1.29, 1.82) is 0 Å². The van der Waals surface area contributed by atoms with Crippen molar-refractivity contribution in [3.63, 3.8) is 0 Å². The SMILES string of the molecule is O=C(Nc1ccc(Oc2ccc(Cl)cc2)cc1)N1CC(c2ccccc2)C(c2ccccc2)=N1. The van der Waals surface area contributed by atoms with E-state index >= 15 is 0 Å². The number of benzene rings is 4. The molecule has 0 aliphatic carbocycles. The smallest absolute Gasteiger partial charge is 0.342 e. The van der Waals surface area contributed by atoms with Crippen LogP contribution in [0.2, 0.25) is 5.02 Å². The molecular weight excluding hydrogens is 446 g/mol. The van der Waals surface area contributed by atoms with E-state index in [1.54, 1.807) is 48.5 Å². The van der Waals surface area contributed by atoms with Crippen molar-refractivity contribution in [1.82, 2.24) is 5.01 Å². The van der Waals surface area contributed by atoms with E-state index in [4.69, 9.17) is 21.4 Å². The van der Waals surface area contributed by atoms with Crippen molar-refractivity contribution in [3.8, 4) is 11.5 Å². The van der Waals surface area contributed by atoms with E-state index in [0.717, 1.165) is 16.8 Å². The molecule has 168 valence electrons. The number of nitrogens with zero attached hydrogens (tertiary/aromatic N) is 2. The quantitative estimate of drug-likeness (QED) is 0.338. The van der Waals surface area contributed by atoms with Gasteiger partial charge in [0, 0.05) is 16.6 Å². The van der Waals surface area contributed by atoms with Gasteiger partial charge >= 0.3 is 6.03 Å². The van der Waals surface area contributed by atoms with Crippen molar-refractivity contribution in [2.75, 3.05) is 11.9 Å². The van der Waals surface area contributed by atoms with Crippen LogP contribution in [0.1, 0.15) is 17.0 Å². The lowest BCUT2D eigenvalue weighted by Crippen LogP contribution is -2.30. The number of halogens is 1. The first-order chi connectivity index (χ1) is 16.7. The van der Waals surface area contributed by atoms with Crippen molar-refractivity contribution < 1.29 is 9.53 Å². The van der Waals surface area contributed by atoms with Gasteiger partial charge in [-0.2, -0.15) is 5.10 Å². The summed E-state index contributed by atoms with van der Waals surface area (Å²) in [4.78, 5) is 13.0. The topological polar surface area (TPSA) is 53.9 Å². The predicted molar refractivity (Wildman–Crippen MR) is 136 cm³/mol. The summed E-state index contributed by atoms with van der Waals surface area (Å²) >= 11 is 5.92. The van der Waals surface area contributed by atoms with Gasteiger partial charge in [0.05, 0.1) is 12.3 Å². The van der Waals surface area contributed by atoms with E-state index in [1.807, 2.05) is 48.5 Å². The minimum atomic E-state index is -0.279. The van der Waals surface area contributed by atoms with Crippen LogP contribution in [0.15, 0.2) is 114 Å². The van der Waals surface area contributed by atoms with Gasteiger partial charge in [-0.05, 0) is 59.7 Å². The molecule has 0 fully saturated rings. The van der Waals surface area contributed by atoms with E-state index < -0.39 is 0 Å². The highest BCUT2D eigenvalue weighted by atomic mass is 35.5. The predicted octanol–water partition coefficient (Wildman–Crippen LogP) is 7.17. The minimum Gasteiger partial charge on any atom is -0.457 e. The molecule has 0 saturated heterocycles. The zero-order valence-electron chi connectivity index (χ0n) is 18.3. The Bertz CT molecular complexity index is 1290. The normalized spacial score (nSPS) is 15.0. The van der Waals surface area contributed by atoms with Crippen LogP contribution in [0.25, 0.3) is 0 Å². The monoisotopic (exact) mass is 467 g/mol. The number of hydrogen-bond acceptors (Lipinski definition) is 3. The molecule has 5 nitrogen and oxygen atoms in total. The molecule has 1 aliphatic heterocycles. The highest BCUT2D eigenvalue weighted by molar-refractivity contribution is 6.30. The molecule has 0 bridgehead atoms. The molecule has 4 aromatic rings. The molecule has 1 atom stereocenters. The third-order valence-corrected chi connectivity index (χ3v) is 5.83. The molecule has 6 heteroatoms. The Morgan fingerprint density at radius 3 is 2.06 bits per heavy atom. The molecule has 0 saturated carbocycles. The number of urea groups is 1. The van der Waals surface area contributed by atoms with Gasteiger partial charge in [-0.1, -0.05) is 72.3 Å². The summed E-state index contributed by atoms with van der Waals surface area (Å²) in [6.07, 6.45) is 0. The molecule has 1 aliphatic rings. The summed E-state index contributed by atoms with van der Waals surface area (Å²) < 4.78 is 5.82. The molecule has 34 heavy (non-hydrogen) atoms.